The van der Waals surface area contributed by atoms with E-state index in [-0.39, 0.29) is 21.5 Å². The number of sulfonamides is 1. The Morgan fingerprint density at radius 3 is 2.44 bits per heavy atom. The van der Waals surface area contributed by atoms with Gasteiger partial charge in [-0.2, -0.15) is 18.2 Å². The first kappa shape index (κ1) is 20.6. The lowest BCUT2D eigenvalue weighted by atomic mass is 10.2. The van der Waals surface area contributed by atoms with E-state index < -0.39 is 52.8 Å². The van der Waals surface area contributed by atoms with Gasteiger partial charge in [0.1, 0.15) is 17.1 Å². The zero-order chi connectivity index (χ0) is 27.6. The molecule has 0 saturated carbocycles. The molecule has 0 aliphatic rings. The van der Waals surface area contributed by atoms with Gasteiger partial charge in [0, 0.05) is 40.9 Å². The number of aromatic nitrogens is 4. The van der Waals surface area contributed by atoms with Crippen LogP contribution in [0.15, 0.2) is 42.9 Å². The summed E-state index contributed by atoms with van der Waals surface area (Å²) in [7, 11) is -4.37. The molecule has 0 fully saturated rings. The van der Waals surface area contributed by atoms with Crippen molar-refractivity contribution in [1.82, 2.24) is 19.9 Å². The van der Waals surface area contributed by atoms with E-state index in [1.807, 2.05) is 0 Å². The Morgan fingerprint density at radius 1 is 1.18 bits per heavy atom. The van der Waals surface area contributed by atoms with Gasteiger partial charge in [-0.15, -0.1) is 0 Å². The molecule has 0 aliphatic carbocycles. The molecule has 1 aromatic carbocycles. The highest BCUT2D eigenvalue weighted by atomic mass is 32.2. The van der Waals surface area contributed by atoms with E-state index in [0.717, 1.165) is 12.4 Å². The number of primary amides is 1. The Kier molecular flexibility index (Phi) is 5.73. The zero-order valence-electron chi connectivity index (χ0n) is 20.3. The average molecular weight is 499 g/mol. The Bertz CT molecular complexity index is 1400. The quantitative estimate of drug-likeness (QED) is 0.422. The molecule has 34 heavy (non-hydrogen) atoms. The first-order valence-electron chi connectivity index (χ1n) is 10.7. The Labute approximate surface area is 196 Å². The van der Waals surface area contributed by atoms with E-state index in [1.54, 1.807) is 0 Å². The van der Waals surface area contributed by atoms with Crippen LogP contribution in [0.2, 0.25) is 0 Å². The standard InChI is InChI=1S/C19H19F3N8O3S/c1-30(34(2,32)33)17-14(24-7-8-25-17)10-26-16-13(19(20,21)22)9-27-18(29-16)28-12-5-3-11(4-6-12)15(23)31/h3-9H,10H2,1-2H3,(H2,23,31)(H2,26,27,28,29)/i1D3. The van der Waals surface area contributed by atoms with Gasteiger partial charge in [0.25, 0.3) is 0 Å². The van der Waals surface area contributed by atoms with Crippen LogP contribution in [-0.2, 0) is 22.7 Å². The summed E-state index contributed by atoms with van der Waals surface area (Å²) in [6.07, 6.45) is -1.54. The van der Waals surface area contributed by atoms with Crippen molar-refractivity contribution in [1.29, 1.82) is 0 Å². The maximum atomic E-state index is 13.6. The van der Waals surface area contributed by atoms with E-state index in [2.05, 4.69) is 30.6 Å². The maximum absolute atomic E-state index is 13.6. The molecule has 11 nitrogen and oxygen atoms in total. The Balaban J connectivity index is 1.95. The summed E-state index contributed by atoms with van der Waals surface area (Å²) in [4.78, 5) is 26.4. The molecule has 3 rings (SSSR count). The monoisotopic (exact) mass is 499 g/mol. The van der Waals surface area contributed by atoms with Crippen LogP contribution < -0.4 is 20.7 Å². The summed E-state index contributed by atoms with van der Waals surface area (Å²) < 4.78 is 87.8. The van der Waals surface area contributed by atoms with E-state index >= 15 is 0 Å². The van der Waals surface area contributed by atoms with Crippen molar-refractivity contribution in [3.05, 3.63) is 59.7 Å². The third-order valence-corrected chi connectivity index (χ3v) is 5.06. The molecule has 3 aromatic rings. The SMILES string of the molecule is [2H]C([2H])([2H])N(c1nccnc1CNc1nc(Nc2ccc(C(N)=O)cc2)ncc1C(F)(F)F)S(C)(=O)=O. The summed E-state index contributed by atoms with van der Waals surface area (Å²) in [6, 6.07) is 5.66. The number of hydrogen-bond donors (Lipinski definition) is 3. The van der Waals surface area contributed by atoms with Crippen molar-refractivity contribution in [3.8, 4) is 0 Å². The molecule has 0 unspecified atom stereocenters. The van der Waals surface area contributed by atoms with Gasteiger partial charge in [0.05, 0.1) is 12.8 Å². The van der Waals surface area contributed by atoms with Crippen molar-refractivity contribution in [3.63, 3.8) is 0 Å². The molecule has 180 valence electrons. The zero-order valence-corrected chi connectivity index (χ0v) is 18.1. The molecule has 2 aromatic heterocycles. The molecule has 2 heterocycles. The number of carbonyl (C=O) groups is 1. The number of carbonyl (C=O) groups excluding carboxylic acids is 1. The number of amides is 1. The number of halogens is 3. The van der Waals surface area contributed by atoms with Crippen LogP contribution in [0.5, 0.6) is 0 Å². The highest BCUT2D eigenvalue weighted by molar-refractivity contribution is 7.92. The van der Waals surface area contributed by atoms with Crippen LogP contribution in [0.25, 0.3) is 0 Å². The van der Waals surface area contributed by atoms with Gasteiger partial charge in [-0.3, -0.25) is 14.1 Å². The summed E-state index contributed by atoms with van der Waals surface area (Å²) in [6.45, 7) is -3.75. The number of hydrogen-bond acceptors (Lipinski definition) is 9. The molecule has 0 spiro atoms. The van der Waals surface area contributed by atoms with Crippen LogP contribution in [0.3, 0.4) is 0 Å². The van der Waals surface area contributed by atoms with Crippen LogP contribution in [-0.4, -0.2) is 47.5 Å². The Morgan fingerprint density at radius 2 is 1.85 bits per heavy atom. The van der Waals surface area contributed by atoms with Gasteiger partial charge in [-0.05, 0) is 24.3 Å². The van der Waals surface area contributed by atoms with Crippen molar-refractivity contribution in [2.75, 3.05) is 28.2 Å². The van der Waals surface area contributed by atoms with Crippen LogP contribution in [0.4, 0.5) is 36.4 Å². The second-order valence-corrected chi connectivity index (χ2v) is 8.56. The number of anilines is 4. The first-order chi connectivity index (χ1) is 17.1. The highest BCUT2D eigenvalue weighted by Crippen LogP contribution is 2.34. The minimum Gasteiger partial charge on any atom is -0.366 e. The predicted octanol–water partition coefficient (Wildman–Crippen LogP) is 2.14. The third kappa shape index (κ3) is 5.86. The number of alkyl halides is 3. The van der Waals surface area contributed by atoms with Crippen molar-refractivity contribution in [2.45, 2.75) is 12.7 Å². The molecule has 1 amide bonds. The minimum absolute atomic E-state index is 0.0530. The van der Waals surface area contributed by atoms with Gasteiger partial charge < -0.3 is 16.4 Å². The van der Waals surface area contributed by atoms with E-state index in [1.165, 1.54) is 24.3 Å². The third-order valence-electron chi connectivity index (χ3n) is 4.22. The van der Waals surface area contributed by atoms with E-state index in [4.69, 9.17) is 9.85 Å². The number of benzene rings is 1. The fourth-order valence-corrected chi connectivity index (χ4v) is 3.08. The minimum atomic E-state index is -4.87. The Hall–Kier alpha value is -4.01. The molecular formula is C19H19F3N8O3S. The van der Waals surface area contributed by atoms with Gasteiger partial charge in [0.2, 0.25) is 21.9 Å². The molecule has 0 aliphatic heterocycles. The highest BCUT2D eigenvalue weighted by Gasteiger charge is 2.35. The topological polar surface area (TPSA) is 156 Å². The lowest BCUT2D eigenvalue weighted by Gasteiger charge is -2.19. The normalized spacial score (nSPS) is 13.4. The molecular weight excluding hydrogens is 477 g/mol. The molecule has 0 bridgehead atoms. The molecule has 0 saturated heterocycles. The first-order valence-corrected chi connectivity index (χ1v) is 11.1. The molecule has 0 radical (unpaired) electrons. The maximum Gasteiger partial charge on any atom is 0.421 e. The number of nitrogens with two attached hydrogens (primary N) is 1. The van der Waals surface area contributed by atoms with E-state index in [9.17, 15) is 26.4 Å². The van der Waals surface area contributed by atoms with Crippen LogP contribution in [0.1, 0.15) is 25.7 Å². The van der Waals surface area contributed by atoms with Gasteiger partial charge in [-0.25, -0.2) is 18.4 Å². The predicted molar refractivity (Wildman–Crippen MR) is 118 cm³/mol. The lowest BCUT2D eigenvalue weighted by Crippen LogP contribution is -2.27. The summed E-state index contributed by atoms with van der Waals surface area (Å²) in [5.74, 6) is -2.20. The van der Waals surface area contributed by atoms with E-state index in [0.29, 0.717) is 18.1 Å². The fraction of sp³-hybridized carbons (Fsp3) is 0.211. The number of rotatable bonds is 8. The van der Waals surface area contributed by atoms with Crippen molar-refractivity contribution < 1.29 is 30.5 Å². The lowest BCUT2D eigenvalue weighted by molar-refractivity contribution is -0.137. The van der Waals surface area contributed by atoms with Crippen molar-refractivity contribution >= 4 is 39.2 Å². The largest absolute Gasteiger partial charge is 0.421 e. The van der Waals surface area contributed by atoms with Crippen molar-refractivity contribution in [2.24, 2.45) is 5.73 Å². The fourth-order valence-electron chi connectivity index (χ4n) is 2.61. The van der Waals surface area contributed by atoms with Crippen LogP contribution in [0, 0.1) is 0 Å². The summed E-state index contributed by atoms with van der Waals surface area (Å²) >= 11 is 0. The molecule has 15 heteroatoms. The van der Waals surface area contributed by atoms with Gasteiger partial charge >= 0.3 is 6.18 Å². The average Bonchev–Trinajstić information content (AvgIpc) is 2.76. The molecule has 4 N–H and O–H groups in total. The second kappa shape index (κ2) is 9.46. The van der Waals surface area contributed by atoms with Gasteiger partial charge in [-0.1, -0.05) is 0 Å². The smallest absolute Gasteiger partial charge is 0.366 e. The summed E-state index contributed by atoms with van der Waals surface area (Å²) in [5.41, 5.74) is 4.21. The van der Waals surface area contributed by atoms with Gasteiger partial charge in [0.15, 0.2) is 5.82 Å². The van der Waals surface area contributed by atoms with Crippen LogP contribution >= 0.6 is 0 Å². The number of nitrogens with zero attached hydrogens (tertiary/aromatic N) is 5. The number of nitrogens with one attached hydrogen (secondary N) is 2. The second-order valence-electron chi connectivity index (χ2n) is 6.73. The molecule has 0 atom stereocenters. The summed E-state index contributed by atoms with van der Waals surface area (Å²) in [5, 5.41) is 5.09.